The highest BCUT2D eigenvalue weighted by Gasteiger charge is 2.17. The van der Waals surface area contributed by atoms with Gasteiger partial charge in [0, 0.05) is 13.2 Å². The molecular formula is C13H19NO2. The zero-order valence-electron chi connectivity index (χ0n) is 9.43. The standard InChI is InChI=1S/C13H19NO2/c15-10-13(11-5-2-1-3-6-11)14-9-12-7-4-8-16-12/h1-3,5-6,12-15H,4,7-10H2/t12?,13-/m0/s1. The summed E-state index contributed by atoms with van der Waals surface area (Å²) in [5.74, 6) is 0. The predicted octanol–water partition coefficient (Wildman–Crippen LogP) is 1.49. The number of ether oxygens (including phenoxy) is 1. The van der Waals surface area contributed by atoms with Gasteiger partial charge in [0.05, 0.1) is 18.8 Å². The summed E-state index contributed by atoms with van der Waals surface area (Å²) < 4.78 is 5.54. The Balaban J connectivity index is 1.85. The summed E-state index contributed by atoms with van der Waals surface area (Å²) in [6.45, 7) is 1.82. The lowest BCUT2D eigenvalue weighted by molar-refractivity contribution is 0.104. The molecule has 1 unspecified atom stereocenters. The van der Waals surface area contributed by atoms with Crippen LogP contribution < -0.4 is 5.32 Å². The molecule has 1 saturated heterocycles. The third-order valence-electron chi connectivity index (χ3n) is 3.00. The number of hydrogen-bond acceptors (Lipinski definition) is 3. The Bertz CT molecular complexity index is 296. The number of benzene rings is 1. The van der Waals surface area contributed by atoms with Crippen LogP contribution in [-0.4, -0.2) is 31.0 Å². The lowest BCUT2D eigenvalue weighted by Crippen LogP contribution is -2.31. The number of aliphatic hydroxyl groups excluding tert-OH is 1. The molecule has 0 amide bonds. The van der Waals surface area contributed by atoms with Crippen molar-refractivity contribution in [3.8, 4) is 0 Å². The maximum Gasteiger partial charge on any atom is 0.0700 e. The normalized spacial score (nSPS) is 22.2. The van der Waals surface area contributed by atoms with E-state index in [1.165, 1.54) is 0 Å². The summed E-state index contributed by atoms with van der Waals surface area (Å²) in [5, 5.41) is 12.7. The molecule has 2 atom stereocenters. The van der Waals surface area contributed by atoms with E-state index in [1.54, 1.807) is 0 Å². The Morgan fingerprint density at radius 1 is 1.38 bits per heavy atom. The molecule has 1 fully saturated rings. The molecule has 1 heterocycles. The molecule has 16 heavy (non-hydrogen) atoms. The summed E-state index contributed by atoms with van der Waals surface area (Å²) in [6, 6.07) is 10.0. The van der Waals surface area contributed by atoms with E-state index in [2.05, 4.69) is 5.32 Å². The lowest BCUT2D eigenvalue weighted by atomic mass is 10.1. The van der Waals surface area contributed by atoms with E-state index in [0.29, 0.717) is 6.10 Å². The Morgan fingerprint density at radius 3 is 2.81 bits per heavy atom. The molecule has 88 valence electrons. The fraction of sp³-hybridized carbons (Fsp3) is 0.538. The first kappa shape index (κ1) is 11.6. The Kier molecular flexibility index (Phi) is 4.34. The highest BCUT2D eigenvalue weighted by molar-refractivity contribution is 5.18. The first-order chi connectivity index (χ1) is 7.90. The van der Waals surface area contributed by atoms with Gasteiger partial charge in [-0.3, -0.25) is 0 Å². The van der Waals surface area contributed by atoms with Gasteiger partial charge >= 0.3 is 0 Å². The third-order valence-corrected chi connectivity index (χ3v) is 3.00. The first-order valence-corrected chi connectivity index (χ1v) is 5.91. The van der Waals surface area contributed by atoms with E-state index in [4.69, 9.17) is 4.74 Å². The SMILES string of the molecule is OC[C@H](NCC1CCCO1)c1ccccc1. The third kappa shape index (κ3) is 3.04. The summed E-state index contributed by atoms with van der Waals surface area (Å²) >= 11 is 0. The van der Waals surface area contributed by atoms with Crippen LogP contribution in [0.15, 0.2) is 30.3 Å². The second kappa shape index (κ2) is 5.99. The number of hydrogen-bond donors (Lipinski definition) is 2. The van der Waals surface area contributed by atoms with Crippen LogP contribution in [0.1, 0.15) is 24.4 Å². The van der Waals surface area contributed by atoms with Crippen molar-refractivity contribution >= 4 is 0 Å². The van der Waals surface area contributed by atoms with E-state index < -0.39 is 0 Å². The number of nitrogens with one attached hydrogen (secondary N) is 1. The van der Waals surface area contributed by atoms with Crippen LogP contribution in [0.5, 0.6) is 0 Å². The minimum Gasteiger partial charge on any atom is -0.394 e. The molecule has 2 N–H and O–H groups in total. The smallest absolute Gasteiger partial charge is 0.0700 e. The molecular weight excluding hydrogens is 202 g/mol. The van der Waals surface area contributed by atoms with Crippen molar-refractivity contribution < 1.29 is 9.84 Å². The lowest BCUT2D eigenvalue weighted by Gasteiger charge is -2.19. The van der Waals surface area contributed by atoms with Gasteiger partial charge in [-0.05, 0) is 18.4 Å². The zero-order valence-corrected chi connectivity index (χ0v) is 9.43. The molecule has 1 aromatic rings. The van der Waals surface area contributed by atoms with Crippen LogP contribution in [0.25, 0.3) is 0 Å². The fourth-order valence-electron chi connectivity index (χ4n) is 2.05. The largest absolute Gasteiger partial charge is 0.394 e. The van der Waals surface area contributed by atoms with Crippen molar-refractivity contribution in [3.05, 3.63) is 35.9 Å². The van der Waals surface area contributed by atoms with E-state index in [0.717, 1.165) is 31.6 Å². The molecule has 1 aromatic carbocycles. The Morgan fingerprint density at radius 2 is 2.19 bits per heavy atom. The molecule has 0 bridgehead atoms. The van der Waals surface area contributed by atoms with Gasteiger partial charge in [0.2, 0.25) is 0 Å². The average molecular weight is 221 g/mol. The van der Waals surface area contributed by atoms with Crippen LogP contribution in [0.2, 0.25) is 0 Å². The van der Waals surface area contributed by atoms with E-state index in [-0.39, 0.29) is 12.6 Å². The summed E-state index contributed by atoms with van der Waals surface area (Å²) in [7, 11) is 0. The van der Waals surface area contributed by atoms with Crippen molar-refractivity contribution in [2.24, 2.45) is 0 Å². The van der Waals surface area contributed by atoms with E-state index in [9.17, 15) is 5.11 Å². The van der Waals surface area contributed by atoms with Crippen molar-refractivity contribution in [2.75, 3.05) is 19.8 Å². The maximum absolute atomic E-state index is 9.35. The van der Waals surface area contributed by atoms with Crippen molar-refractivity contribution in [2.45, 2.75) is 25.0 Å². The summed E-state index contributed by atoms with van der Waals surface area (Å²) in [4.78, 5) is 0. The van der Waals surface area contributed by atoms with Gasteiger partial charge in [-0.2, -0.15) is 0 Å². The second-order valence-corrected chi connectivity index (χ2v) is 4.19. The topological polar surface area (TPSA) is 41.5 Å². The molecule has 1 aliphatic heterocycles. The molecule has 3 heteroatoms. The summed E-state index contributed by atoms with van der Waals surface area (Å²) in [5.41, 5.74) is 1.13. The van der Waals surface area contributed by atoms with Gasteiger partial charge in [0.1, 0.15) is 0 Å². The minimum atomic E-state index is 0.0189. The van der Waals surface area contributed by atoms with Crippen LogP contribution >= 0.6 is 0 Å². The molecule has 0 aliphatic carbocycles. The molecule has 1 aliphatic rings. The number of aliphatic hydroxyl groups is 1. The molecule has 0 radical (unpaired) electrons. The van der Waals surface area contributed by atoms with Crippen molar-refractivity contribution in [1.82, 2.24) is 5.32 Å². The predicted molar refractivity (Wildman–Crippen MR) is 63.2 cm³/mol. The van der Waals surface area contributed by atoms with Crippen LogP contribution in [-0.2, 0) is 4.74 Å². The minimum absolute atomic E-state index is 0.0189. The van der Waals surface area contributed by atoms with Gasteiger partial charge < -0.3 is 15.2 Å². The van der Waals surface area contributed by atoms with E-state index in [1.807, 2.05) is 30.3 Å². The molecule has 0 aromatic heterocycles. The van der Waals surface area contributed by atoms with Gasteiger partial charge in [-0.15, -0.1) is 0 Å². The highest BCUT2D eigenvalue weighted by Crippen LogP contribution is 2.15. The number of rotatable bonds is 5. The molecule has 3 nitrogen and oxygen atoms in total. The van der Waals surface area contributed by atoms with Gasteiger partial charge in [0.25, 0.3) is 0 Å². The van der Waals surface area contributed by atoms with Gasteiger partial charge in [-0.1, -0.05) is 30.3 Å². The average Bonchev–Trinajstić information content (AvgIpc) is 2.84. The Labute approximate surface area is 96.4 Å². The van der Waals surface area contributed by atoms with Crippen LogP contribution in [0.4, 0.5) is 0 Å². The van der Waals surface area contributed by atoms with E-state index >= 15 is 0 Å². The molecule has 0 spiro atoms. The summed E-state index contributed by atoms with van der Waals surface area (Å²) in [6.07, 6.45) is 2.60. The molecule has 0 saturated carbocycles. The molecule has 2 rings (SSSR count). The quantitative estimate of drug-likeness (QED) is 0.791. The van der Waals surface area contributed by atoms with Crippen LogP contribution in [0.3, 0.4) is 0 Å². The first-order valence-electron chi connectivity index (χ1n) is 5.91. The highest BCUT2D eigenvalue weighted by atomic mass is 16.5. The maximum atomic E-state index is 9.35. The Hall–Kier alpha value is -0.900. The fourth-order valence-corrected chi connectivity index (χ4v) is 2.05. The van der Waals surface area contributed by atoms with Gasteiger partial charge in [-0.25, -0.2) is 0 Å². The van der Waals surface area contributed by atoms with Crippen LogP contribution in [0, 0.1) is 0 Å². The van der Waals surface area contributed by atoms with Gasteiger partial charge in [0.15, 0.2) is 0 Å². The van der Waals surface area contributed by atoms with Crippen molar-refractivity contribution in [1.29, 1.82) is 0 Å². The van der Waals surface area contributed by atoms with Crippen molar-refractivity contribution in [3.63, 3.8) is 0 Å². The monoisotopic (exact) mass is 221 g/mol. The zero-order chi connectivity index (χ0) is 11.2. The second-order valence-electron chi connectivity index (χ2n) is 4.19.